The van der Waals surface area contributed by atoms with E-state index in [1.54, 1.807) is 0 Å². The summed E-state index contributed by atoms with van der Waals surface area (Å²) in [6, 6.07) is 11.7. The maximum Gasteiger partial charge on any atom is 0.0136 e. The van der Waals surface area contributed by atoms with Crippen molar-refractivity contribution in [1.82, 2.24) is 9.80 Å². The van der Waals surface area contributed by atoms with Crippen molar-refractivity contribution in [1.29, 1.82) is 0 Å². The van der Waals surface area contributed by atoms with E-state index in [-0.39, 0.29) is 0 Å². The molecule has 2 nitrogen and oxygen atoms in total. The van der Waals surface area contributed by atoms with Gasteiger partial charge in [-0.15, -0.1) is 0 Å². The van der Waals surface area contributed by atoms with E-state index in [1.165, 1.54) is 51.1 Å². The Morgan fingerprint density at radius 3 is 2.50 bits per heavy atom. The van der Waals surface area contributed by atoms with Gasteiger partial charge in [-0.2, -0.15) is 0 Å². The van der Waals surface area contributed by atoms with Crippen molar-refractivity contribution >= 4 is 0 Å². The second-order valence-corrected chi connectivity index (χ2v) is 5.96. The minimum absolute atomic E-state index is 0.668. The average molecular weight is 274 g/mol. The van der Waals surface area contributed by atoms with Crippen molar-refractivity contribution in [2.75, 3.05) is 32.7 Å². The number of piperidine rings is 1. The third-order valence-corrected chi connectivity index (χ3v) is 4.94. The smallest absolute Gasteiger partial charge is 0.0136 e. The zero-order chi connectivity index (χ0) is 14.4. The highest BCUT2D eigenvalue weighted by Gasteiger charge is 2.28. The maximum atomic E-state index is 2.69. The SMILES string of the molecule is CCN(CC)CCN1CCCC(c2ccccc2)C1C. The lowest BCUT2D eigenvalue weighted by atomic mass is 9.84. The minimum atomic E-state index is 0.668. The largest absolute Gasteiger partial charge is 0.303 e. The molecule has 0 N–H and O–H groups in total. The summed E-state index contributed by atoms with van der Waals surface area (Å²) in [4.78, 5) is 5.22. The first-order valence-electron chi connectivity index (χ1n) is 8.27. The molecule has 0 spiro atoms. The molecule has 20 heavy (non-hydrogen) atoms. The summed E-state index contributed by atoms with van der Waals surface area (Å²) in [6.07, 6.45) is 2.68. The first-order chi connectivity index (χ1) is 9.76. The summed E-state index contributed by atoms with van der Waals surface area (Å²) >= 11 is 0. The molecule has 0 radical (unpaired) electrons. The predicted molar refractivity (Wildman–Crippen MR) is 87.2 cm³/mol. The molecule has 2 unspecified atom stereocenters. The van der Waals surface area contributed by atoms with Gasteiger partial charge < -0.3 is 4.90 Å². The molecule has 1 heterocycles. The van der Waals surface area contributed by atoms with E-state index in [1.807, 2.05) is 0 Å². The van der Waals surface area contributed by atoms with E-state index in [9.17, 15) is 0 Å². The number of rotatable bonds is 6. The van der Waals surface area contributed by atoms with Gasteiger partial charge in [0.1, 0.15) is 0 Å². The molecule has 0 aromatic heterocycles. The molecule has 2 rings (SSSR count). The minimum Gasteiger partial charge on any atom is -0.303 e. The Bertz CT molecular complexity index is 372. The quantitative estimate of drug-likeness (QED) is 0.782. The monoisotopic (exact) mass is 274 g/mol. The molecule has 2 atom stereocenters. The number of likely N-dealkylation sites (N-methyl/N-ethyl adjacent to an activating group) is 1. The lowest BCUT2D eigenvalue weighted by Gasteiger charge is -2.40. The van der Waals surface area contributed by atoms with Crippen LogP contribution < -0.4 is 0 Å². The van der Waals surface area contributed by atoms with Gasteiger partial charge in [0.25, 0.3) is 0 Å². The summed E-state index contributed by atoms with van der Waals surface area (Å²) in [7, 11) is 0. The van der Waals surface area contributed by atoms with Crippen LogP contribution in [0.15, 0.2) is 30.3 Å². The lowest BCUT2D eigenvalue weighted by Crippen LogP contribution is -2.45. The van der Waals surface area contributed by atoms with E-state index in [4.69, 9.17) is 0 Å². The van der Waals surface area contributed by atoms with Crippen LogP contribution in [0.4, 0.5) is 0 Å². The molecule has 1 saturated heterocycles. The molecular formula is C18H30N2. The summed E-state index contributed by atoms with van der Waals surface area (Å²) in [5, 5.41) is 0. The third-order valence-electron chi connectivity index (χ3n) is 4.94. The molecule has 0 amide bonds. The molecule has 0 aliphatic carbocycles. The van der Waals surface area contributed by atoms with E-state index < -0.39 is 0 Å². The van der Waals surface area contributed by atoms with Crippen LogP contribution in [-0.2, 0) is 0 Å². The second-order valence-electron chi connectivity index (χ2n) is 5.96. The highest BCUT2D eigenvalue weighted by Crippen LogP contribution is 2.32. The van der Waals surface area contributed by atoms with Gasteiger partial charge in [0, 0.05) is 19.1 Å². The van der Waals surface area contributed by atoms with Gasteiger partial charge in [-0.1, -0.05) is 44.2 Å². The second kappa shape index (κ2) is 7.80. The third kappa shape index (κ3) is 3.83. The standard InChI is InChI=1S/C18H30N2/c1-4-19(5-2)14-15-20-13-9-12-18(16(20)3)17-10-7-6-8-11-17/h6-8,10-11,16,18H,4-5,9,12-15H2,1-3H3. The topological polar surface area (TPSA) is 6.48 Å². The first-order valence-corrected chi connectivity index (χ1v) is 8.27. The summed E-state index contributed by atoms with van der Waals surface area (Å²) < 4.78 is 0. The van der Waals surface area contributed by atoms with Crippen LogP contribution in [0.25, 0.3) is 0 Å². The van der Waals surface area contributed by atoms with Crippen molar-refractivity contribution in [3.8, 4) is 0 Å². The van der Waals surface area contributed by atoms with Gasteiger partial charge in [-0.05, 0) is 50.9 Å². The average Bonchev–Trinajstić information content (AvgIpc) is 2.50. The van der Waals surface area contributed by atoms with Crippen LogP contribution in [0.3, 0.4) is 0 Å². The molecule has 0 bridgehead atoms. The molecule has 112 valence electrons. The van der Waals surface area contributed by atoms with E-state index >= 15 is 0 Å². The summed E-state index contributed by atoms with van der Waals surface area (Å²) in [5.41, 5.74) is 1.52. The fraction of sp³-hybridized carbons (Fsp3) is 0.667. The Labute approximate surface area is 124 Å². The van der Waals surface area contributed by atoms with E-state index in [0.717, 1.165) is 0 Å². The highest BCUT2D eigenvalue weighted by molar-refractivity contribution is 5.21. The van der Waals surface area contributed by atoms with Gasteiger partial charge in [0.05, 0.1) is 0 Å². The highest BCUT2D eigenvalue weighted by atomic mass is 15.2. The van der Waals surface area contributed by atoms with E-state index in [2.05, 4.69) is 60.9 Å². The fourth-order valence-corrected chi connectivity index (χ4v) is 3.48. The Hall–Kier alpha value is -0.860. The normalized spacial score (nSPS) is 24.2. The van der Waals surface area contributed by atoms with Gasteiger partial charge in [0.2, 0.25) is 0 Å². The van der Waals surface area contributed by atoms with Crippen LogP contribution in [0.5, 0.6) is 0 Å². The van der Waals surface area contributed by atoms with Crippen molar-refractivity contribution in [2.45, 2.75) is 45.6 Å². The van der Waals surface area contributed by atoms with Gasteiger partial charge in [-0.3, -0.25) is 4.90 Å². The number of benzene rings is 1. The zero-order valence-corrected chi connectivity index (χ0v) is 13.4. The predicted octanol–water partition coefficient (Wildman–Crippen LogP) is 3.60. The first kappa shape index (κ1) is 15.5. The molecule has 1 fully saturated rings. The van der Waals surface area contributed by atoms with Crippen LogP contribution in [0.2, 0.25) is 0 Å². The zero-order valence-electron chi connectivity index (χ0n) is 13.4. The molecule has 1 aliphatic rings. The van der Waals surface area contributed by atoms with Crippen LogP contribution in [0, 0.1) is 0 Å². The molecule has 0 saturated carbocycles. The molecule has 1 aromatic rings. The van der Waals surface area contributed by atoms with Crippen molar-refractivity contribution in [3.63, 3.8) is 0 Å². The fourth-order valence-electron chi connectivity index (χ4n) is 3.48. The summed E-state index contributed by atoms with van der Waals surface area (Å²) in [5.74, 6) is 0.710. The number of hydrogen-bond acceptors (Lipinski definition) is 2. The maximum absolute atomic E-state index is 2.69. The van der Waals surface area contributed by atoms with Crippen LogP contribution >= 0.6 is 0 Å². The van der Waals surface area contributed by atoms with Crippen molar-refractivity contribution < 1.29 is 0 Å². The number of nitrogens with zero attached hydrogens (tertiary/aromatic N) is 2. The Balaban J connectivity index is 1.95. The molecule has 2 heteroatoms. The van der Waals surface area contributed by atoms with Gasteiger partial charge in [0.15, 0.2) is 0 Å². The lowest BCUT2D eigenvalue weighted by molar-refractivity contribution is 0.121. The van der Waals surface area contributed by atoms with Crippen LogP contribution in [0.1, 0.15) is 45.1 Å². The van der Waals surface area contributed by atoms with Crippen molar-refractivity contribution in [3.05, 3.63) is 35.9 Å². The van der Waals surface area contributed by atoms with Crippen LogP contribution in [-0.4, -0.2) is 48.6 Å². The number of hydrogen-bond donors (Lipinski definition) is 0. The number of likely N-dealkylation sites (tertiary alicyclic amines) is 1. The van der Waals surface area contributed by atoms with Gasteiger partial charge >= 0.3 is 0 Å². The molecular weight excluding hydrogens is 244 g/mol. The Kier molecular flexibility index (Phi) is 6.06. The Morgan fingerprint density at radius 2 is 1.85 bits per heavy atom. The van der Waals surface area contributed by atoms with E-state index in [0.29, 0.717) is 12.0 Å². The molecule has 1 aliphatic heterocycles. The molecule has 1 aromatic carbocycles. The Morgan fingerprint density at radius 1 is 1.15 bits per heavy atom. The summed E-state index contributed by atoms with van der Waals surface area (Å²) in [6.45, 7) is 13.0. The van der Waals surface area contributed by atoms with Crippen molar-refractivity contribution in [2.24, 2.45) is 0 Å². The van der Waals surface area contributed by atoms with Gasteiger partial charge in [-0.25, -0.2) is 0 Å².